The summed E-state index contributed by atoms with van der Waals surface area (Å²) in [5.74, 6) is -0.550. The smallest absolute Gasteiger partial charge is 0.406 e. The van der Waals surface area contributed by atoms with Crippen LogP contribution in [0.5, 0.6) is 5.75 Å². The zero-order valence-electron chi connectivity index (χ0n) is 18.4. The van der Waals surface area contributed by atoms with Crippen molar-refractivity contribution in [2.24, 2.45) is 5.92 Å². The van der Waals surface area contributed by atoms with Crippen LogP contribution in [0.4, 0.5) is 13.2 Å². The van der Waals surface area contributed by atoms with Gasteiger partial charge in [0.25, 0.3) is 5.91 Å². The van der Waals surface area contributed by atoms with Gasteiger partial charge in [0.15, 0.2) is 5.60 Å². The molecular weight excluding hydrogens is 433 g/mol. The topological polar surface area (TPSA) is 53.0 Å². The van der Waals surface area contributed by atoms with Gasteiger partial charge in [0.2, 0.25) is 0 Å². The number of piperazine rings is 1. The third kappa shape index (κ3) is 5.50. The van der Waals surface area contributed by atoms with Crippen molar-refractivity contribution >= 4 is 5.91 Å². The Labute approximate surface area is 191 Å². The Hall–Kier alpha value is -2.58. The minimum absolute atomic E-state index is 0.0807. The second-order valence-corrected chi connectivity index (χ2v) is 8.87. The molecular formula is C25H29F3N2O3. The van der Waals surface area contributed by atoms with Gasteiger partial charge in [0, 0.05) is 38.6 Å². The first-order valence-corrected chi connectivity index (χ1v) is 11.4. The van der Waals surface area contributed by atoms with Gasteiger partial charge in [-0.05, 0) is 36.1 Å². The van der Waals surface area contributed by atoms with Crippen LogP contribution in [0.2, 0.25) is 0 Å². The lowest BCUT2D eigenvalue weighted by Gasteiger charge is -2.41. The molecule has 2 aromatic carbocycles. The lowest BCUT2D eigenvalue weighted by Crippen LogP contribution is -2.56. The molecule has 1 heterocycles. The van der Waals surface area contributed by atoms with Crippen LogP contribution in [0, 0.1) is 5.92 Å². The Bertz CT molecular complexity index is 922. The fourth-order valence-corrected chi connectivity index (χ4v) is 4.97. The van der Waals surface area contributed by atoms with Crippen molar-refractivity contribution in [3.8, 4) is 5.75 Å². The van der Waals surface area contributed by atoms with Crippen LogP contribution < -0.4 is 4.74 Å². The number of hydrogen-bond donors (Lipinski definition) is 1. The van der Waals surface area contributed by atoms with Gasteiger partial charge in [-0.2, -0.15) is 0 Å². The molecule has 2 aromatic rings. The molecule has 1 saturated heterocycles. The minimum Gasteiger partial charge on any atom is -0.406 e. The van der Waals surface area contributed by atoms with Crippen LogP contribution in [0.25, 0.3) is 0 Å². The van der Waals surface area contributed by atoms with E-state index in [9.17, 15) is 23.1 Å². The van der Waals surface area contributed by atoms with Crippen molar-refractivity contribution in [1.82, 2.24) is 9.80 Å². The first-order valence-electron chi connectivity index (χ1n) is 11.4. The fraction of sp³-hybridized carbons (Fsp3) is 0.480. The third-order valence-corrected chi connectivity index (χ3v) is 6.71. The molecule has 1 amide bonds. The van der Waals surface area contributed by atoms with Gasteiger partial charge in [0.1, 0.15) is 5.75 Å². The zero-order chi connectivity index (χ0) is 23.5. The molecule has 8 heteroatoms. The van der Waals surface area contributed by atoms with Crippen LogP contribution in [-0.2, 0) is 16.9 Å². The fourth-order valence-electron chi connectivity index (χ4n) is 4.97. The minimum atomic E-state index is -4.70. The van der Waals surface area contributed by atoms with E-state index in [1.54, 1.807) is 17.0 Å². The Morgan fingerprint density at radius 1 is 0.939 bits per heavy atom. The Balaban J connectivity index is 1.38. The number of carbonyl (C=O) groups excluding carboxylic acids is 1. The van der Waals surface area contributed by atoms with E-state index in [1.807, 2.05) is 30.3 Å². The van der Waals surface area contributed by atoms with Crippen LogP contribution in [0.1, 0.15) is 36.8 Å². The number of alkyl halides is 3. The number of aliphatic hydroxyl groups is 1. The maximum Gasteiger partial charge on any atom is 0.573 e. The number of halogens is 3. The van der Waals surface area contributed by atoms with Gasteiger partial charge in [0.05, 0.1) is 0 Å². The van der Waals surface area contributed by atoms with E-state index in [0.717, 1.165) is 31.2 Å². The molecule has 0 radical (unpaired) electrons. The number of carbonyl (C=O) groups is 1. The second-order valence-electron chi connectivity index (χ2n) is 8.87. The summed E-state index contributed by atoms with van der Waals surface area (Å²) in [6, 6.07) is 15.1. The SMILES string of the molecule is O=C(N1CCN(Cc2ccc(OC(F)(F)F)cc2)CC1)[C@](O)(c1ccccc1)C1CCCC1. The highest BCUT2D eigenvalue weighted by molar-refractivity contribution is 5.87. The number of benzene rings is 2. The summed E-state index contributed by atoms with van der Waals surface area (Å²) in [5.41, 5.74) is 0.0235. The number of ether oxygens (including phenoxy) is 1. The third-order valence-electron chi connectivity index (χ3n) is 6.71. The van der Waals surface area contributed by atoms with E-state index in [2.05, 4.69) is 9.64 Å². The van der Waals surface area contributed by atoms with Crippen LogP contribution in [-0.4, -0.2) is 53.4 Å². The first kappa shape index (κ1) is 23.6. The molecule has 1 saturated carbocycles. The molecule has 4 rings (SSSR count). The van der Waals surface area contributed by atoms with Crippen molar-refractivity contribution in [3.63, 3.8) is 0 Å². The van der Waals surface area contributed by atoms with Crippen molar-refractivity contribution in [2.45, 2.75) is 44.2 Å². The molecule has 0 bridgehead atoms. The number of amides is 1. The number of nitrogens with zero attached hydrogens (tertiary/aromatic N) is 2. The molecule has 0 spiro atoms. The quantitative estimate of drug-likeness (QED) is 0.695. The van der Waals surface area contributed by atoms with Crippen molar-refractivity contribution in [2.75, 3.05) is 26.2 Å². The average Bonchev–Trinajstić information content (AvgIpc) is 3.35. The summed E-state index contributed by atoms with van der Waals surface area (Å²) >= 11 is 0. The van der Waals surface area contributed by atoms with Crippen LogP contribution in [0.15, 0.2) is 54.6 Å². The monoisotopic (exact) mass is 462 g/mol. The maximum atomic E-state index is 13.6. The Kier molecular flexibility index (Phi) is 6.95. The zero-order valence-corrected chi connectivity index (χ0v) is 18.4. The highest BCUT2D eigenvalue weighted by Crippen LogP contribution is 2.42. The lowest BCUT2D eigenvalue weighted by molar-refractivity contribution is -0.274. The largest absolute Gasteiger partial charge is 0.573 e. The molecule has 1 atom stereocenters. The van der Waals surface area contributed by atoms with Crippen LogP contribution >= 0.6 is 0 Å². The summed E-state index contributed by atoms with van der Waals surface area (Å²) in [7, 11) is 0. The van der Waals surface area contributed by atoms with Crippen molar-refractivity contribution in [1.29, 1.82) is 0 Å². The predicted molar refractivity (Wildman–Crippen MR) is 117 cm³/mol. The number of hydrogen-bond acceptors (Lipinski definition) is 4. The van der Waals surface area contributed by atoms with Gasteiger partial charge in [-0.25, -0.2) is 0 Å². The van der Waals surface area contributed by atoms with E-state index >= 15 is 0 Å². The normalized spacial score (nSPS) is 19.9. The summed E-state index contributed by atoms with van der Waals surface area (Å²) in [4.78, 5) is 17.5. The molecule has 2 fully saturated rings. The van der Waals surface area contributed by atoms with Gasteiger partial charge < -0.3 is 14.7 Å². The van der Waals surface area contributed by atoms with E-state index in [-0.39, 0.29) is 17.6 Å². The molecule has 5 nitrogen and oxygen atoms in total. The molecule has 1 N–H and O–H groups in total. The first-order chi connectivity index (χ1) is 15.8. The number of rotatable bonds is 6. The second kappa shape index (κ2) is 9.73. The maximum absolute atomic E-state index is 13.6. The van der Waals surface area contributed by atoms with Gasteiger partial charge in [-0.15, -0.1) is 13.2 Å². The van der Waals surface area contributed by atoms with E-state index in [4.69, 9.17) is 0 Å². The Morgan fingerprint density at radius 2 is 1.55 bits per heavy atom. The summed E-state index contributed by atoms with van der Waals surface area (Å²) < 4.78 is 40.9. The standard InChI is InChI=1S/C25H29F3N2O3/c26-25(27,28)33-22-12-10-19(11-13-22)18-29-14-16-30(17-15-29)23(31)24(32,21-8-4-5-9-21)20-6-2-1-3-7-20/h1-3,6-7,10-13,21,32H,4-5,8-9,14-18H2/t24-/m0/s1. The molecule has 33 heavy (non-hydrogen) atoms. The van der Waals surface area contributed by atoms with Crippen molar-refractivity contribution < 1.29 is 27.8 Å². The molecule has 1 aliphatic carbocycles. The molecule has 0 unspecified atom stereocenters. The van der Waals surface area contributed by atoms with Gasteiger partial charge in [-0.3, -0.25) is 9.69 Å². The lowest BCUT2D eigenvalue weighted by atomic mass is 9.79. The predicted octanol–water partition coefficient (Wildman–Crippen LogP) is 4.31. The highest BCUT2D eigenvalue weighted by atomic mass is 19.4. The molecule has 2 aliphatic rings. The van der Waals surface area contributed by atoms with Gasteiger partial charge in [-0.1, -0.05) is 55.3 Å². The van der Waals surface area contributed by atoms with Gasteiger partial charge >= 0.3 is 6.36 Å². The Morgan fingerprint density at radius 3 is 2.12 bits per heavy atom. The molecule has 1 aliphatic heterocycles. The van der Waals surface area contributed by atoms with Crippen LogP contribution in [0.3, 0.4) is 0 Å². The molecule has 0 aromatic heterocycles. The summed E-state index contributed by atoms with van der Waals surface area (Å²) in [6.07, 6.45) is -0.984. The average molecular weight is 463 g/mol. The molecule has 178 valence electrons. The van der Waals surface area contributed by atoms with Crippen molar-refractivity contribution in [3.05, 3.63) is 65.7 Å². The highest BCUT2D eigenvalue weighted by Gasteiger charge is 2.48. The summed E-state index contributed by atoms with van der Waals surface area (Å²) in [6.45, 7) is 2.82. The van der Waals surface area contributed by atoms with E-state index in [0.29, 0.717) is 38.3 Å². The van der Waals surface area contributed by atoms with E-state index < -0.39 is 12.0 Å². The summed E-state index contributed by atoms with van der Waals surface area (Å²) in [5, 5.41) is 11.7. The van der Waals surface area contributed by atoms with E-state index in [1.165, 1.54) is 12.1 Å².